The molecule has 11 aromatic rings. The highest BCUT2D eigenvalue weighted by atomic mass is 32.1. The number of hydrogen-bond donors (Lipinski definition) is 0. The normalized spacial score (nSPS) is 11.8. The summed E-state index contributed by atoms with van der Waals surface area (Å²) >= 11 is 1.88. The molecule has 0 saturated carbocycles. The number of aromatic nitrogens is 1. The van der Waals surface area contributed by atoms with E-state index in [0.717, 1.165) is 22.7 Å². The van der Waals surface area contributed by atoms with Crippen LogP contribution in [-0.2, 0) is 0 Å². The summed E-state index contributed by atoms with van der Waals surface area (Å²) in [7, 11) is 0. The predicted octanol–water partition coefficient (Wildman–Crippen LogP) is 14.6. The third kappa shape index (κ3) is 4.86. The van der Waals surface area contributed by atoms with E-state index >= 15 is 0 Å². The van der Waals surface area contributed by atoms with Crippen molar-refractivity contribution in [2.24, 2.45) is 0 Å². The van der Waals surface area contributed by atoms with Gasteiger partial charge in [0.2, 0.25) is 0 Å². The number of benzene rings is 9. The number of hydrogen-bond acceptors (Lipinski definition) is 2. The van der Waals surface area contributed by atoms with Crippen molar-refractivity contribution in [3.63, 3.8) is 0 Å². The molecule has 2 heterocycles. The van der Waals surface area contributed by atoms with E-state index in [-0.39, 0.29) is 0 Å². The van der Waals surface area contributed by atoms with Gasteiger partial charge in [-0.05, 0) is 105 Å². The van der Waals surface area contributed by atoms with E-state index in [1.54, 1.807) is 0 Å². The quantitative estimate of drug-likeness (QED) is 0.174. The summed E-state index contributed by atoms with van der Waals surface area (Å²) in [6.45, 7) is 0. The highest BCUT2D eigenvalue weighted by Gasteiger charge is 2.20. The SMILES string of the molecule is c1ccc(-c2cc(N(c3ccc4c(c3)sc3cc5ccccc5cc34)c3ccc4c(c3)c3ccccc3n4-c3ccccc3)cc3ccccc23)cc1. The fourth-order valence-electron chi connectivity index (χ4n) is 8.27. The van der Waals surface area contributed by atoms with E-state index in [4.69, 9.17) is 0 Å². The zero-order valence-corrected chi connectivity index (χ0v) is 29.6. The molecule has 53 heavy (non-hydrogen) atoms. The van der Waals surface area contributed by atoms with Crippen LogP contribution in [0.25, 0.3) is 80.3 Å². The van der Waals surface area contributed by atoms with Crippen molar-refractivity contribution in [1.29, 1.82) is 0 Å². The van der Waals surface area contributed by atoms with Crippen LogP contribution in [0.3, 0.4) is 0 Å². The van der Waals surface area contributed by atoms with E-state index < -0.39 is 0 Å². The Kier molecular flexibility index (Phi) is 6.76. The predicted molar refractivity (Wildman–Crippen MR) is 229 cm³/mol. The maximum atomic E-state index is 2.45. The van der Waals surface area contributed by atoms with Gasteiger partial charge in [0.1, 0.15) is 0 Å². The molecule has 0 amide bonds. The lowest BCUT2D eigenvalue weighted by Gasteiger charge is -2.27. The van der Waals surface area contributed by atoms with Gasteiger partial charge in [-0.25, -0.2) is 0 Å². The lowest BCUT2D eigenvalue weighted by atomic mass is 9.96. The van der Waals surface area contributed by atoms with Crippen LogP contribution in [0.4, 0.5) is 17.1 Å². The van der Waals surface area contributed by atoms with E-state index in [1.165, 1.54) is 74.6 Å². The first-order valence-corrected chi connectivity index (χ1v) is 18.9. The second kappa shape index (κ2) is 11.9. The van der Waals surface area contributed by atoms with Gasteiger partial charge in [-0.3, -0.25) is 0 Å². The summed E-state index contributed by atoms with van der Waals surface area (Å²) in [4.78, 5) is 2.45. The Morgan fingerprint density at radius 2 is 0.981 bits per heavy atom. The fourth-order valence-corrected chi connectivity index (χ4v) is 9.44. The summed E-state index contributed by atoms with van der Waals surface area (Å²) in [5, 5.41) is 10.1. The molecule has 11 rings (SSSR count). The van der Waals surface area contributed by atoms with Crippen molar-refractivity contribution in [3.05, 3.63) is 194 Å². The molecule has 2 aromatic heterocycles. The van der Waals surface area contributed by atoms with Gasteiger partial charge in [-0.1, -0.05) is 121 Å². The molecular formula is C50H32N2S. The van der Waals surface area contributed by atoms with Crippen LogP contribution < -0.4 is 4.90 Å². The molecule has 0 saturated heterocycles. The van der Waals surface area contributed by atoms with Crippen LogP contribution in [0.15, 0.2) is 194 Å². The summed E-state index contributed by atoms with van der Waals surface area (Å²) in [6, 6.07) is 71.1. The molecule has 248 valence electrons. The molecule has 0 fully saturated rings. The highest BCUT2D eigenvalue weighted by molar-refractivity contribution is 7.25. The van der Waals surface area contributed by atoms with Gasteiger partial charge < -0.3 is 9.47 Å². The molecule has 0 radical (unpaired) electrons. The molecule has 0 aliphatic heterocycles. The van der Waals surface area contributed by atoms with E-state index in [2.05, 4.69) is 204 Å². The number of anilines is 3. The minimum atomic E-state index is 1.12. The second-order valence-electron chi connectivity index (χ2n) is 13.8. The fraction of sp³-hybridized carbons (Fsp3) is 0. The Labute approximate surface area is 311 Å². The first-order valence-electron chi connectivity index (χ1n) is 18.1. The zero-order valence-electron chi connectivity index (χ0n) is 28.8. The number of fused-ring (bicyclic) bond motifs is 8. The third-order valence-corrected chi connectivity index (χ3v) is 11.8. The first kappa shape index (κ1) is 30.0. The van der Waals surface area contributed by atoms with Crippen LogP contribution in [-0.4, -0.2) is 4.57 Å². The smallest absolute Gasteiger partial charge is 0.0542 e. The minimum Gasteiger partial charge on any atom is -0.310 e. The average molecular weight is 693 g/mol. The van der Waals surface area contributed by atoms with Gasteiger partial charge in [0, 0.05) is 53.7 Å². The van der Waals surface area contributed by atoms with Crippen LogP contribution in [0.5, 0.6) is 0 Å². The van der Waals surface area contributed by atoms with Crippen molar-refractivity contribution in [2.75, 3.05) is 4.90 Å². The number of para-hydroxylation sites is 2. The Bertz CT molecular complexity index is 3170. The summed E-state index contributed by atoms with van der Waals surface area (Å²) < 4.78 is 4.98. The Morgan fingerprint density at radius 3 is 1.81 bits per heavy atom. The zero-order chi connectivity index (χ0) is 34.9. The monoisotopic (exact) mass is 692 g/mol. The Balaban J connectivity index is 1.18. The summed E-state index contributed by atoms with van der Waals surface area (Å²) in [5.41, 5.74) is 9.36. The van der Waals surface area contributed by atoms with Crippen molar-refractivity contribution in [2.45, 2.75) is 0 Å². The van der Waals surface area contributed by atoms with Gasteiger partial charge >= 0.3 is 0 Å². The number of nitrogens with zero attached hydrogens (tertiary/aromatic N) is 2. The lowest BCUT2D eigenvalue weighted by Crippen LogP contribution is -2.10. The van der Waals surface area contributed by atoms with E-state index in [0.29, 0.717) is 0 Å². The minimum absolute atomic E-state index is 1.12. The van der Waals surface area contributed by atoms with Crippen molar-refractivity contribution < 1.29 is 0 Å². The van der Waals surface area contributed by atoms with Crippen LogP contribution in [0.2, 0.25) is 0 Å². The lowest BCUT2D eigenvalue weighted by molar-refractivity contribution is 1.18. The molecule has 0 N–H and O–H groups in total. The first-order chi connectivity index (χ1) is 26.3. The number of thiophene rings is 1. The Hall–Kier alpha value is -6.68. The number of rotatable bonds is 5. The van der Waals surface area contributed by atoms with Gasteiger partial charge in [0.05, 0.1) is 11.0 Å². The maximum Gasteiger partial charge on any atom is 0.0542 e. The van der Waals surface area contributed by atoms with Gasteiger partial charge in [0.15, 0.2) is 0 Å². The van der Waals surface area contributed by atoms with Gasteiger partial charge in [-0.15, -0.1) is 11.3 Å². The molecule has 0 atom stereocenters. The molecule has 0 aliphatic rings. The maximum absolute atomic E-state index is 2.45. The van der Waals surface area contributed by atoms with Crippen LogP contribution >= 0.6 is 11.3 Å². The summed E-state index contributed by atoms with van der Waals surface area (Å²) in [6.07, 6.45) is 0. The molecule has 0 aliphatic carbocycles. The molecule has 0 spiro atoms. The van der Waals surface area contributed by atoms with Crippen molar-refractivity contribution in [3.8, 4) is 16.8 Å². The van der Waals surface area contributed by atoms with Crippen molar-refractivity contribution in [1.82, 2.24) is 4.57 Å². The van der Waals surface area contributed by atoms with Crippen LogP contribution in [0.1, 0.15) is 0 Å². The molecule has 2 nitrogen and oxygen atoms in total. The molecule has 9 aromatic carbocycles. The van der Waals surface area contributed by atoms with E-state index in [1.807, 2.05) is 11.3 Å². The average Bonchev–Trinajstić information content (AvgIpc) is 3.74. The van der Waals surface area contributed by atoms with Gasteiger partial charge in [-0.2, -0.15) is 0 Å². The topological polar surface area (TPSA) is 8.17 Å². The van der Waals surface area contributed by atoms with Crippen molar-refractivity contribution >= 4 is 91.9 Å². The highest BCUT2D eigenvalue weighted by Crippen LogP contribution is 2.45. The Morgan fingerprint density at radius 1 is 0.358 bits per heavy atom. The molecular weight excluding hydrogens is 661 g/mol. The largest absolute Gasteiger partial charge is 0.310 e. The molecule has 3 heteroatoms. The molecule has 0 bridgehead atoms. The third-order valence-electron chi connectivity index (χ3n) is 10.7. The van der Waals surface area contributed by atoms with Gasteiger partial charge in [0.25, 0.3) is 0 Å². The standard InChI is InChI=1S/C50H32N2S/c1-3-13-33(14-4-1)44-31-40(27-36-17-9-10-20-41(36)44)51(39-23-25-43-46-28-34-15-7-8-16-35(34)29-49(46)53-50(43)32-39)38-24-26-48-45(30-38)42-21-11-12-22-47(42)52(48)37-18-5-2-6-19-37/h1-32H. The van der Waals surface area contributed by atoms with E-state index in [9.17, 15) is 0 Å². The summed E-state index contributed by atoms with van der Waals surface area (Å²) in [5.74, 6) is 0. The molecule has 0 unspecified atom stereocenters. The second-order valence-corrected chi connectivity index (χ2v) is 14.9. The van der Waals surface area contributed by atoms with Crippen LogP contribution in [0, 0.1) is 0 Å².